The third kappa shape index (κ3) is 1.54. The second-order valence-electron chi connectivity index (χ2n) is 2.97. The molecule has 0 saturated heterocycles. The zero-order valence-electron chi connectivity index (χ0n) is 7.47. The van der Waals surface area contributed by atoms with Crippen LogP contribution in [0.3, 0.4) is 0 Å². The molecule has 0 aliphatic heterocycles. The number of carboxylic acids is 1. The molecule has 0 aliphatic carbocycles. The van der Waals surface area contributed by atoms with Gasteiger partial charge in [0.05, 0.1) is 5.52 Å². The van der Waals surface area contributed by atoms with Crippen LogP contribution in [0.1, 0.15) is 0 Å². The average molecular weight is 190 g/mol. The van der Waals surface area contributed by atoms with E-state index in [4.69, 9.17) is 5.11 Å². The summed E-state index contributed by atoms with van der Waals surface area (Å²) in [6, 6.07) is 9.72. The Kier molecular flexibility index (Phi) is 2.10. The molecule has 0 radical (unpaired) electrons. The van der Waals surface area contributed by atoms with Gasteiger partial charge in [-0.2, -0.15) is 0 Å². The Balaban J connectivity index is 2.29. The highest BCUT2D eigenvalue weighted by molar-refractivity contribution is 5.80. The molecule has 0 saturated carbocycles. The number of hydrogen-bond acceptors (Lipinski definition) is 2. The van der Waals surface area contributed by atoms with E-state index in [1.807, 2.05) is 36.5 Å². The number of nitrogens with one attached hydrogen (secondary N) is 1. The predicted octanol–water partition coefficient (Wildman–Crippen LogP) is 1.27. The van der Waals surface area contributed by atoms with Crippen molar-refractivity contribution in [2.75, 3.05) is 12.0 Å². The molecule has 14 heavy (non-hydrogen) atoms. The molecule has 0 unspecified atom stereocenters. The second kappa shape index (κ2) is 3.41. The highest BCUT2D eigenvalue weighted by atomic mass is 16.4. The summed E-state index contributed by atoms with van der Waals surface area (Å²) < 4.78 is 1.71. The first-order chi connectivity index (χ1) is 6.77. The van der Waals surface area contributed by atoms with E-state index >= 15 is 0 Å². The number of nitrogens with zero attached hydrogens (tertiary/aromatic N) is 1. The van der Waals surface area contributed by atoms with Crippen molar-refractivity contribution in [2.24, 2.45) is 0 Å². The van der Waals surface area contributed by atoms with Crippen molar-refractivity contribution in [1.82, 2.24) is 4.68 Å². The summed E-state index contributed by atoms with van der Waals surface area (Å²) in [6.07, 6.45) is 1.81. The number of fused-ring (bicyclic) bond motifs is 1. The number of rotatable bonds is 3. The molecule has 4 heteroatoms. The molecule has 1 aromatic carbocycles. The van der Waals surface area contributed by atoms with E-state index in [0.29, 0.717) is 0 Å². The molecular formula is C10H10N2O2. The lowest BCUT2D eigenvalue weighted by Gasteiger charge is -2.05. The molecule has 0 bridgehead atoms. The smallest absolute Gasteiger partial charge is 0.324 e. The SMILES string of the molecule is O=C(O)CNn1ccc2ccccc21. The van der Waals surface area contributed by atoms with Gasteiger partial charge in [0, 0.05) is 11.6 Å². The third-order valence-corrected chi connectivity index (χ3v) is 2.00. The Morgan fingerprint density at radius 1 is 1.36 bits per heavy atom. The molecule has 0 fully saturated rings. The van der Waals surface area contributed by atoms with E-state index in [9.17, 15) is 4.79 Å². The minimum absolute atomic E-state index is 0.0846. The Morgan fingerprint density at radius 2 is 2.14 bits per heavy atom. The van der Waals surface area contributed by atoms with E-state index in [2.05, 4.69) is 5.43 Å². The topological polar surface area (TPSA) is 54.3 Å². The first-order valence-corrected chi connectivity index (χ1v) is 4.29. The molecule has 4 nitrogen and oxygen atoms in total. The monoisotopic (exact) mass is 190 g/mol. The van der Waals surface area contributed by atoms with Crippen LogP contribution in [0.15, 0.2) is 36.5 Å². The zero-order chi connectivity index (χ0) is 9.97. The number of hydrogen-bond donors (Lipinski definition) is 2. The summed E-state index contributed by atoms with van der Waals surface area (Å²) in [5, 5.41) is 9.60. The van der Waals surface area contributed by atoms with Crippen LogP contribution in [-0.4, -0.2) is 22.3 Å². The maximum Gasteiger partial charge on any atom is 0.324 e. The van der Waals surface area contributed by atoms with E-state index in [1.54, 1.807) is 4.68 Å². The summed E-state index contributed by atoms with van der Waals surface area (Å²) in [4.78, 5) is 10.4. The first kappa shape index (κ1) is 8.62. The van der Waals surface area contributed by atoms with Gasteiger partial charge < -0.3 is 10.5 Å². The number of carbonyl (C=O) groups is 1. The Hall–Kier alpha value is -1.97. The first-order valence-electron chi connectivity index (χ1n) is 4.29. The van der Waals surface area contributed by atoms with Gasteiger partial charge in [0.1, 0.15) is 6.54 Å². The van der Waals surface area contributed by atoms with Crippen LogP contribution in [0.25, 0.3) is 10.9 Å². The Labute approximate surface area is 80.7 Å². The van der Waals surface area contributed by atoms with E-state index < -0.39 is 5.97 Å². The van der Waals surface area contributed by atoms with Gasteiger partial charge in [-0.15, -0.1) is 0 Å². The highest BCUT2D eigenvalue weighted by Crippen LogP contribution is 2.12. The van der Waals surface area contributed by atoms with Crippen molar-refractivity contribution in [3.05, 3.63) is 36.5 Å². The number of benzene rings is 1. The van der Waals surface area contributed by atoms with Crippen LogP contribution in [0.4, 0.5) is 0 Å². The van der Waals surface area contributed by atoms with Crippen molar-refractivity contribution >= 4 is 16.9 Å². The van der Waals surface area contributed by atoms with Gasteiger partial charge in [-0.05, 0) is 12.1 Å². The fourth-order valence-corrected chi connectivity index (χ4v) is 1.37. The van der Waals surface area contributed by atoms with Gasteiger partial charge >= 0.3 is 5.97 Å². The molecule has 0 aliphatic rings. The summed E-state index contributed by atoms with van der Waals surface area (Å²) in [5.74, 6) is -0.872. The summed E-state index contributed by atoms with van der Waals surface area (Å²) in [5.41, 5.74) is 3.76. The molecule has 2 aromatic rings. The van der Waals surface area contributed by atoms with Crippen LogP contribution in [-0.2, 0) is 4.79 Å². The number of carboxylic acid groups (broad SMARTS) is 1. The van der Waals surface area contributed by atoms with E-state index in [1.165, 1.54) is 0 Å². The third-order valence-electron chi connectivity index (χ3n) is 2.00. The quantitative estimate of drug-likeness (QED) is 0.766. The number of aromatic nitrogens is 1. The fraction of sp³-hybridized carbons (Fsp3) is 0.100. The molecule has 1 heterocycles. The minimum atomic E-state index is -0.872. The second-order valence-corrected chi connectivity index (χ2v) is 2.97. The highest BCUT2D eigenvalue weighted by Gasteiger charge is 2.00. The van der Waals surface area contributed by atoms with Gasteiger partial charge in [-0.3, -0.25) is 9.47 Å². The average Bonchev–Trinajstić information content (AvgIpc) is 2.58. The van der Waals surface area contributed by atoms with Gasteiger partial charge in [-0.25, -0.2) is 0 Å². The van der Waals surface area contributed by atoms with E-state index in [0.717, 1.165) is 10.9 Å². The molecule has 0 atom stereocenters. The molecular weight excluding hydrogens is 180 g/mol. The van der Waals surface area contributed by atoms with Gasteiger partial charge in [0.2, 0.25) is 0 Å². The Bertz CT molecular complexity index is 462. The van der Waals surface area contributed by atoms with Gasteiger partial charge in [0.25, 0.3) is 0 Å². The molecule has 2 rings (SSSR count). The summed E-state index contributed by atoms with van der Waals surface area (Å²) in [6.45, 7) is -0.0846. The number of para-hydroxylation sites is 1. The van der Waals surface area contributed by atoms with Crippen LogP contribution in [0.2, 0.25) is 0 Å². The van der Waals surface area contributed by atoms with E-state index in [-0.39, 0.29) is 6.54 Å². The van der Waals surface area contributed by atoms with Crippen molar-refractivity contribution in [1.29, 1.82) is 0 Å². The predicted molar refractivity (Wildman–Crippen MR) is 53.8 cm³/mol. The van der Waals surface area contributed by atoms with Crippen LogP contribution in [0, 0.1) is 0 Å². The minimum Gasteiger partial charge on any atom is -0.480 e. The van der Waals surface area contributed by atoms with Gasteiger partial charge in [-0.1, -0.05) is 18.2 Å². The number of aliphatic carboxylic acids is 1. The molecule has 0 spiro atoms. The van der Waals surface area contributed by atoms with Crippen molar-refractivity contribution < 1.29 is 9.90 Å². The summed E-state index contributed by atoms with van der Waals surface area (Å²) in [7, 11) is 0. The Morgan fingerprint density at radius 3 is 2.93 bits per heavy atom. The van der Waals surface area contributed by atoms with Crippen LogP contribution in [0.5, 0.6) is 0 Å². The van der Waals surface area contributed by atoms with Crippen LogP contribution < -0.4 is 5.43 Å². The lowest BCUT2D eigenvalue weighted by molar-refractivity contribution is -0.135. The standard InChI is InChI=1S/C10H10N2O2/c13-10(14)7-11-12-6-5-8-3-1-2-4-9(8)12/h1-6,11H,7H2,(H,13,14). The maximum absolute atomic E-state index is 10.4. The van der Waals surface area contributed by atoms with Gasteiger partial charge in [0.15, 0.2) is 0 Å². The van der Waals surface area contributed by atoms with Crippen molar-refractivity contribution in [2.45, 2.75) is 0 Å². The molecule has 1 aromatic heterocycles. The zero-order valence-corrected chi connectivity index (χ0v) is 7.47. The summed E-state index contributed by atoms with van der Waals surface area (Å²) >= 11 is 0. The van der Waals surface area contributed by atoms with Crippen LogP contribution >= 0.6 is 0 Å². The van der Waals surface area contributed by atoms with Crippen molar-refractivity contribution in [3.63, 3.8) is 0 Å². The normalized spacial score (nSPS) is 10.3. The maximum atomic E-state index is 10.4. The largest absolute Gasteiger partial charge is 0.480 e. The lowest BCUT2D eigenvalue weighted by Crippen LogP contribution is -2.21. The van der Waals surface area contributed by atoms with Crippen molar-refractivity contribution in [3.8, 4) is 0 Å². The molecule has 2 N–H and O–H groups in total. The molecule has 0 amide bonds. The molecule has 72 valence electrons. The lowest BCUT2D eigenvalue weighted by atomic mass is 10.3. The fourth-order valence-electron chi connectivity index (χ4n) is 1.37.